The van der Waals surface area contributed by atoms with E-state index in [1.807, 2.05) is 0 Å². The molecule has 0 bridgehead atoms. The summed E-state index contributed by atoms with van der Waals surface area (Å²) in [5.74, 6) is -8.75. The number of aliphatic hydroxyl groups is 4. The van der Waals surface area contributed by atoms with Crippen LogP contribution >= 0.6 is 0 Å². The number of benzene rings is 4. The molecular weight excluding hydrogens is 1030 g/mol. The summed E-state index contributed by atoms with van der Waals surface area (Å²) < 4.78 is 42.9. The molecule has 6 aliphatic rings. The van der Waals surface area contributed by atoms with Gasteiger partial charge in [0.15, 0.2) is 29.9 Å². The van der Waals surface area contributed by atoms with Gasteiger partial charge in [0.05, 0.1) is 78.2 Å². The number of ether oxygens (including phenoxy) is 7. The van der Waals surface area contributed by atoms with Gasteiger partial charge in [0, 0.05) is 77.6 Å². The molecule has 79 heavy (non-hydrogen) atoms. The van der Waals surface area contributed by atoms with Gasteiger partial charge < -0.3 is 79.5 Å². The van der Waals surface area contributed by atoms with Gasteiger partial charge in [-0.3, -0.25) is 28.8 Å². The number of methoxy groups -OCH3 is 2. The van der Waals surface area contributed by atoms with Crippen LogP contribution in [0.25, 0.3) is 0 Å². The summed E-state index contributed by atoms with van der Waals surface area (Å²) in [5.41, 5.74) is -0.892. The summed E-state index contributed by atoms with van der Waals surface area (Å²) in [4.78, 5) is 87.0. The lowest BCUT2D eigenvalue weighted by Gasteiger charge is -2.46. The minimum Gasteiger partial charge on any atom is -0.507 e. The minimum atomic E-state index is -2.23. The zero-order valence-corrected chi connectivity index (χ0v) is 44.3. The van der Waals surface area contributed by atoms with Crippen LogP contribution in [0.2, 0.25) is 0 Å². The molecule has 22 heteroatoms. The first kappa shape index (κ1) is 55.6. The molecule has 0 saturated carbocycles. The number of aromatic hydroxyl groups is 3. The molecule has 2 aliphatic heterocycles. The first-order valence-electron chi connectivity index (χ1n) is 26.0. The second-order valence-electron chi connectivity index (χ2n) is 21.5. The molecule has 0 radical (unpaired) electrons. The van der Waals surface area contributed by atoms with Crippen LogP contribution in [0.3, 0.4) is 0 Å². The van der Waals surface area contributed by atoms with E-state index in [2.05, 4.69) is 0 Å². The lowest BCUT2D eigenvalue weighted by atomic mass is 9.67. The highest BCUT2D eigenvalue weighted by Crippen LogP contribution is 2.56. The Labute approximate surface area is 452 Å². The lowest BCUT2D eigenvalue weighted by molar-refractivity contribution is -0.266. The van der Waals surface area contributed by atoms with Gasteiger partial charge in [-0.2, -0.15) is 0 Å². The molecule has 4 aromatic carbocycles. The maximum Gasteiger partial charge on any atom is 0.316 e. The largest absolute Gasteiger partial charge is 0.507 e. The first-order valence-corrected chi connectivity index (χ1v) is 26.0. The van der Waals surface area contributed by atoms with Crippen molar-refractivity contribution in [1.82, 2.24) is 4.90 Å². The van der Waals surface area contributed by atoms with Crippen molar-refractivity contribution in [2.45, 2.75) is 138 Å². The molecule has 420 valence electrons. The number of hydrogen-bond donors (Lipinski definition) is 8. The van der Waals surface area contributed by atoms with E-state index < -0.39 is 173 Å². The Morgan fingerprint density at radius 1 is 0.772 bits per heavy atom. The number of hydrogen-bond acceptors (Lipinski definition) is 22. The number of rotatable bonds is 12. The Balaban J connectivity index is 1.07. The van der Waals surface area contributed by atoms with E-state index in [1.165, 1.54) is 49.6 Å². The van der Waals surface area contributed by atoms with Gasteiger partial charge in [-0.15, -0.1) is 0 Å². The molecule has 2 heterocycles. The van der Waals surface area contributed by atoms with Gasteiger partial charge in [-0.1, -0.05) is 31.2 Å². The smallest absolute Gasteiger partial charge is 0.316 e. The number of ketones is 5. The van der Waals surface area contributed by atoms with E-state index in [9.17, 15) is 64.5 Å². The number of likely N-dealkylation sites (N-methyl/N-ethyl adjacent to an activating group) is 1. The van der Waals surface area contributed by atoms with Crippen molar-refractivity contribution in [3.8, 4) is 28.7 Å². The minimum absolute atomic E-state index is 0.0215. The van der Waals surface area contributed by atoms with Crippen LogP contribution in [0.1, 0.15) is 157 Å². The third-order valence-electron chi connectivity index (χ3n) is 16.8. The Hall–Kier alpha value is -6.70. The summed E-state index contributed by atoms with van der Waals surface area (Å²) in [6.07, 6.45) is -11.8. The number of Topliss-reactive ketones (excluding diaryl/α,β-unsaturated/α-hetero) is 1. The van der Waals surface area contributed by atoms with Crippen LogP contribution in [-0.4, -0.2) is 171 Å². The third-order valence-corrected chi connectivity index (χ3v) is 16.8. The molecule has 0 amide bonds. The Bertz CT molecular complexity index is 3240. The number of esters is 1. The highest BCUT2D eigenvalue weighted by molar-refractivity contribution is 6.32. The predicted octanol–water partition coefficient (Wildman–Crippen LogP) is 2.85. The zero-order chi connectivity index (χ0) is 57.1. The number of nitrogens with zero attached hydrogens (tertiary/aromatic N) is 1. The number of carbonyl (C=O) groups excluding carboxylic acids is 6. The van der Waals surface area contributed by atoms with Crippen LogP contribution in [0.5, 0.6) is 28.7 Å². The van der Waals surface area contributed by atoms with Gasteiger partial charge in [0.25, 0.3) is 0 Å². The van der Waals surface area contributed by atoms with E-state index >= 15 is 0 Å². The molecule has 0 aromatic heterocycles. The van der Waals surface area contributed by atoms with Gasteiger partial charge in [-0.05, 0) is 58.1 Å². The monoisotopic (exact) mass is 1090 g/mol. The Kier molecular flexibility index (Phi) is 14.4. The fourth-order valence-corrected chi connectivity index (χ4v) is 12.5. The molecule has 13 atom stereocenters. The molecule has 9 N–H and O–H groups in total. The van der Waals surface area contributed by atoms with Gasteiger partial charge in [0.2, 0.25) is 11.6 Å². The number of nitrogens with two attached hydrogens (primary N) is 1. The average Bonchev–Trinajstić information content (AvgIpc) is 2.88. The van der Waals surface area contributed by atoms with Crippen molar-refractivity contribution in [2.75, 3.05) is 34.9 Å². The van der Waals surface area contributed by atoms with Gasteiger partial charge in [0.1, 0.15) is 53.0 Å². The first-order chi connectivity index (χ1) is 37.4. The van der Waals surface area contributed by atoms with E-state index in [1.54, 1.807) is 32.8 Å². The average molecular weight is 1100 g/mol. The summed E-state index contributed by atoms with van der Waals surface area (Å²) in [7, 11) is 5.75. The van der Waals surface area contributed by atoms with Crippen LogP contribution < -0.4 is 15.2 Å². The maximum absolute atomic E-state index is 15.0. The van der Waals surface area contributed by atoms with Crippen molar-refractivity contribution in [2.24, 2.45) is 5.73 Å². The Morgan fingerprint density at radius 3 is 2.04 bits per heavy atom. The van der Waals surface area contributed by atoms with Gasteiger partial charge in [-0.25, -0.2) is 0 Å². The van der Waals surface area contributed by atoms with Crippen LogP contribution in [0, 0.1) is 0 Å². The topological polar surface area (TPSA) is 338 Å². The van der Waals surface area contributed by atoms with Crippen molar-refractivity contribution in [3.63, 3.8) is 0 Å². The van der Waals surface area contributed by atoms with Crippen molar-refractivity contribution >= 4 is 34.9 Å². The highest BCUT2D eigenvalue weighted by Gasteiger charge is 2.55. The van der Waals surface area contributed by atoms with E-state index in [4.69, 9.17) is 38.9 Å². The quantitative estimate of drug-likeness (QED) is 0.0817. The molecule has 10 rings (SSSR count). The van der Waals surface area contributed by atoms with Gasteiger partial charge >= 0.3 is 5.97 Å². The molecule has 4 aliphatic carbocycles. The second kappa shape index (κ2) is 20.4. The summed E-state index contributed by atoms with van der Waals surface area (Å²) in [6.45, 7) is 3.68. The molecule has 22 nitrogen and oxygen atoms in total. The molecule has 0 spiro atoms. The molecular formula is C57H62N2O20. The standard InChI is InChI=1S/C57H62N2O20/c1-8-56(71)19-33(40-26(45(56)55(70)74-7)15-27-42(51(40)67)50(66)38-24(47(27)63)11-9-13-31(38)61)78-37-17-30(59(4)5)49(65)35(79-37)21-75-54-28-18-57(72,23(3)60)20-34(77-36-16-29(58)46(62)22(2)76-36)41(28)53(69)43-44(54)48(64)25-12-10-14-32(73-6)39(25)52(43)68/h9-15,22,29-30,33-37,45-46,49,61-62,65,67,69,71-72H,8,16-21,58H2,1-7H3. The summed E-state index contributed by atoms with van der Waals surface area (Å²) in [5, 5.41) is 82.8. The lowest BCUT2D eigenvalue weighted by Crippen LogP contribution is -2.56. The van der Waals surface area contributed by atoms with Crippen LogP contribution in [-0.2, 0) is 39.7 Å². The van der Waals surface area contributed by atoms with Crippen molar-refractivity contribution in [3.05, 3.63) is 109 Å². The van der Waals surface area contributed by atoms with E-state index in [0.717, 1.165) is 14.0 Å². The van der Waals surface area contributed by atoms with E-state index in [0.29, 0.717) is 0 Å². The van der Waals surface area contributed by atoms with Crippen LogP contribution in [0.4, 0.5) is 0 Å². The maximum atomic E-state index is 15.0. The summed E-state index contributed by atoms with van der Waals surface area (Å²) >= 11 is 0. The molecule has 4 aromatic rings. The fraction of sp³-hybridized carbons (Fsp3) is 0.474. The summed E-state index contributed by atoms with van der Waals surface area (Å²) in [6, 6.07) is 7.87. The third kappa shape index (κ3) is 8.89. The van der Waals surface area contributed by atoms with Crippen molar-refractivity contribution in [1.29, 1.82) is 0 Å². The number of phenolic OH excluding ortho intramolecular Hbond substituents is 3. The normalized spacial score (nSPS) is 30.8. The van der Waals surface area contributed by atoms with Crippen LogP contribution in [0.15, 0.2) is 42.5 Å². The number of carbonyl (C=O) groups is 6. The van der Waals surface area contributed by atoms with E-state index in [-0.39, 0.29) is 80.8 Å². The fourth-order valence-electron chi connectivity index (χ4n) is 12.5. The zero-order valence-electron chi connectivity index (χ0n) is 44.3. The Morgan fingerprint density at radius 2 is 1.41 bits per heavy atom. The second-order valence-corrected chi connectivity index (χ2v) is 21.5. The number of aliphatic hydroxyl groups excluding tert-OH is 2. The number of phenols is 3. The highest BCUT2D eigenvalue weighted by atomic mass is 16.7. The number of fused-ring (bicyclic) bond motifs is 6. The SMILES string of the molecule is CCC1(O)CC(OC2CC(N(C)C)C(O)C(COc3c4c(c(O)c5c3C(=O)c3cccc(OC)c3C5=O)C(OC3CC(N)C(O)C(C)O3)CC(O)(C(C)=O)C4)O2)c2c(cc3c(c2O)C(=O)c2c(O)cccc2C3=O)C1C(=O)OC. The predicted molar refractivity (Wildman–Crippen MR) is 272 cm³/mol. The molecule has 13 unspecified atom stereocenters. The molecule has 2 fully saturated rings. The van der Waals surface area contributed by atoms with Crippen molar-refractivity contribution < 1.29 is 97.7 Å². The molecule has 2 saturated heterocycles.